The fraction of sp³-hybridized carbons (Fsp3) is 0.955. The van der Waals surface area contributed by atoms with Crippen molar-refractivity contribution in [1.82, 2.24) is 0 Å². The Morgan fingerprint density at radius 3 is 2.00 bits per heavy atom. The summed E-state index contributed by atoms with van der Waals surface area (Å²) in [4.78, 5) is 11.9. The monoisotopic (exact) mass is 388 g/mol. The van der Waals surface area contributed by atoms with Crippen molar-refractivity contribution in [3.63, 3.8) is 0 Å². The Labute approximate surface area is 167 Å². The van der Waals surface area contributed by atoms with Crippen LogP contribution >= 0.6 is 0 Å². The Morgan fingerprint density at radius 2 is 1.33 bits per heavy atom. The van der Waals surface area contributed by atoms with Crippen LogP contribution in [0.1, 0.15) is 85.0 Å². The first-order valence-electron chi connectivity index (χ1n) is 11.1. The minimum atomic E-state index is -0.0957. The van der Waals surface area contributed by atoms with E-state index in [1.165, 1.54) is 51.4 Å². The van der Waals surface area contributed by atoms with Gasteiger partial charge in [-0.1, -0.05) is 52.4 Å². The summed E-state index contributed by atoms with van der Waals surface area (Å²) < 4.78 is 21.5. The van der Waals surface area contributed by atoms with Gasteiger partial charge in [-0.2, -0.15) is 0 Å². The van der Waals surface area contributed by atoms with Gasteiger partial charge in [-0.3, -0.25) is 4.79 Å². The van der Waals surface area contributed by atoms with E-state index in [0.717, 1.165) is 0 Å². The highest BCUT2D eigenvalue weighted by molar-refractivity contribution is 5.69. The molecule has 0 fully saturated rings. The summed E-state index contributed by atoms with van der Waals surface area (Å²) in [5, 5.41) is 0. The third-order valence-corrected chi connectivity index (χ3v) is 4.53. The molecule has 0 spiro atoms. The van der Waals surface area contributed by atoms with Crippen molar-refractivity contribution in [2.24, 2.45) is 5.92 Å². The predicted molar refractivity (Wildman–Crippen MR) is 110 cm³/mol. The Hall–Kier alpha value is -0.650. The summed E-state index contributed by atoms with van der Waals surface area (Å²) in [5.74, 6) is 0.428. The molecule has 0 aliphatic carbocycles. The zero-order valence-corrected chi connectivity index (χ0v) is 18.1. The molecule has 5 heteroatoms. The van der Waals surface area contributed by atoms with Crippen LogP contribution in [0.3, 0.4) is 0 Å². The molecule has 5 nitrogen and oxygen atoms in total. The van der Waals surface area contributed by atoms with Crippen LogP contribution in [-0.2, 0) is 23.7 Å². The molecule has 0 aliphatic rings. The van der Waals surface area contributed by atoms with Crippen LogP contribution in [0.4, 0.5) is 0 Å². The lowest BCUT2D eigenvalue weighted by atomic mass is 9.96. The second-order valence-electron chi connectivity index (χ2n) is 7.07. The smallest absolute Gasteiger partial charge is 0.305 e. The van der Waals surface area contributed by atoms with E-state index < -0.39 is 0 Å². The van der Waals surface area contributed by atoms with E-state index in [0.29, 0.717) is 65.0 Å². The Morgan fingerprint density at radius 1 is 0.704 bits per heavy atom. The van der Waals surface area contributed by atoms with Gasteiger partial charge in [0, 0.05) is 19.6 Å². The summed E-state index contributed by atoms with van der Waals surface area (Å²) in [7, 11) is 0. The number of carbonyl (C=O) groups excluding carboxylic acids is 1. The van der Waals surface area contributed by atoms with Gasteiger partial charge in [-0.05, 0) is 32.1 Å². The lowest BCUT2D eigenvalue weighted by Gasteiger charge is -2.16. The van der Waals surface area contributed by atoms with E-state index in [1.807, 2.05) is 6.92 Å². The summed E-state index contributed by atoms with van der Waals surface area (Å²) in [6.07, 6.45) is 11.0. The zero-order valence-electron chi connectivity index (χ0n) is 18.1. The molecule has 0 amide bonds. The highest BCUT2D eigenvalue weighted by atomic mass is 16.5. The van der Waals surface area contributed by atoms with Crippen LogP contribution in [0, 0.1) is 5.92 Å². The summed E-state index contributed by atoms with van der Waals surface area (Å²) in [5.41, 5.74) is 0. The van der Waals surface area contributed by atoms with Crippen molar-refractivity contribution in [1.29, 1.82) is 0 Å². The van der Waals surface area contributed by atoms with Crippen molar-refractivity contribution < 1.29 is 23.7 Å². The van der Waals surface area contributed by atoms with Gasteiger partial charge in [-0.25, -0.2) is 0 Å². The van der Waals surface area contributed by atoms with Crippen LogP contribution < -0.4 is 0 Å². The molecule has 0 aromatic carbocycles. The minimum absolute atomic E-state index is 0.0957. The van der Waals surface area contributed by atoms with E-state index in [1.54, 1.807) is 0 Å². The molecule has 27 heavy (non-hydrogen) atoms. The maximum absolute atomic E-state index is 11.9. The van der Waals surface area contributed by atoms with Gasteiger partial charge in [0.1, 0.15) is 0 Å². The molecule has 0 saturated carbocycles. The molecule has 0 heterocycles. The van der Waals surface area contributed by atoms with Crippen molar-refractivity contribution >= 4 is 5.97 Å². The molecule has 0 radical (unpaired) electrons. The number of hydrogen-bond donors (Lipinski definition) is 0. The maximum Gasteiger partial charge on any atom is 0.305 e. The van der Waals surface area contributed by atoms with Crippen molar-refractivity contribution in [2.45, 2.75) is 85.0 Å². The Bertz CT molecular complexity index is 309. The Kier molecular flexibility index (Phi) is 21.1. The van der Waals surface area contributed by atoms with Gasteiger partial charge in [-0.15, -0.1) is 0 Å². The molecule has 0 bridgehead atoms. The molecule has 0 rings (SSSR count). The van der Waals surface area contributed by atoms with Crippen LogP contribution in [0.2, 0.25) is 0 Å². The van der Waals surface area contributed by atoms with Crippen LogP contribution in [0.5, 0.6) is 0 Å². The third kappa shape index (κ3) is 19.9. The van der Waals surface area contributed by atoms with E-state index in [4.69, 9.17) is 18.9 Å². The van der Waals surface area contributed by atoms with E-state index in [-0.39, 0.29) is 5.97 Å². The van der Waals surface area contributed by atoms with E-state index in [2.05, 4.69) is 13.8 Å². The van der Waals surface area contributed by atoms with E-state index in [9.17, 15) is 4.79 Å². The molecule has 1 atom stereocenters. The van der Waals surface area contributed by atoms with Crippen molar-refractivity contribution in [2.75, 3.05) is 46.2 Å². The lowest BCUT2D eigenvalue weighted by molar-refractivity contribution is -0.145. The van der Waals surface area contributed by atoms with Gasteiger partial charge < -0.3 is 18.9 Å². The number of esters is 1. The van der Waals surface area contributed by atoms with Crippen molar-refractivity contribution in [3.8, 4) is 0 Å². The maximum atomic E-state index is 11.9. The second-order valence-corrected chi connectivity index (χ2v) is 7.07. The highest BCUT2D eigenvalue weighted by Crippen LogP contribution is 2.18. The molecular formula is C22H44O5. The number of rotatable bonds is 21. The fourth-order valence-electron chi connectivity index (χ4n) is 2.85. The molecule has 162 valence electrons. The summed E-state index contributed by atoms with van der Waals surface area (Å²) in [6, 6.07) is 0. The number of hydrogen-bond acceptors (Lipinski definition) is 5. The standard InChI is InChI=1S/C22H44O5/c1-4-7-9-10-13-21(12-8-5-2)20-27-22(23)14-11-15-25-18-19-26-17-16-24-6-3/h21H,4-20H2,1-3H3. The van der Waals surface area contributed by atoms with Crippen LogP contribution in [0.15, 0.2) is 0 Å². The molecule has 1 unspecified atom stereocenters. The third-order valence-electron chi connectivity index (χ3n) is 4.53. The molecule has 0 saturated heterocycles. The van der Waals surface area contributed by atoms with Gasteiger partial charge >= 0.3 is 5.97 Å². The molecule has 0 aliphatic heterocycles. The number of unbranched alkanes of at least 4 members (excludes halogenated alkanes) is 4. The first kappa shape index (κ1) is 26.4. The molecule has 0 N–H and O–H groups in total. The average Bonchev–Trinajstić information content (AvgIpc) is 2.68. The number of carbonyl (C=O) groups is 1. The molecular weight excluding hydrogens is 344 g/mol. The minimum Gasteiger partial charge on any atom is -0.465 e. The van der Waals surface area contributed by atoms with Crippen LogP contribution in [-0.4, -0.2) is 52.2 Å². The van der Waals surface area contributed by atoms with Gasteiger partial charge in [0.15, 0.2) is 0 Å². The number of ether oxygens (including phenoxy) is 4. The topological polar surface area (TPSA) is 54.0 Å². The van der Waals surface area contributed by atoms with Gasteiger partial charge in [0.25, 0.3) is 0 Å². The summed E-state index contributed by atoms with van der Waals surface area (Å²) in [6.45, 7) is 10.6. The quantitative estimate of drug-likeness (QED) is 0.201. The fourth-order valence-corrected chi connectivity index (χ4v) is 2.85. The van der Waals surface area contributed by atoms with Crippen LogP contribution in [0.25, 0.3) is 0 Å². The summed E-state index contributed by atoms with van der Waals surface area (Å²) >= 11 is 0. The lowest BCUT2D eigenvalue weighted by Crippen LogP contribution is -2.15. The predicted octanol–water partition coefficient (Wildman–Crippen LogP) is 5.16. The SMILES string of the molecule is CCCCCCC(CCCC)COC(=O)CCCOCCOCCOCC. The molecule has 0 aromatic rings. The first-order valence-corrected chi connectivity index (χ1v) is 11.1. The average molecular weight is 389 g/mol. The Balaban J connectivity index is 3.61. The first-order chi connectivity index (χ1) is 13.2. The molecule has 0 aromatic heterocycles. The normalized spacial score (nSPS) is 12.3. The van der Waals surface area contributed by atoms with Gasteiger partial charge in [0.05, 0.1) is 33.0 Å². The van der Waals surface area contributed by atoms with Gasteiger partial charge in [0.2, 0.25) is 0 Å². The largest absolute Gasteiger partial charge is 0.465 e. The second kappa shape index (κ2) is 21.6. The van der Waals surface area contributed by atoms with Crippen molar-refractivity contribution in [3.05, 3.63) is 0 Å². The highest BCUT2D eigenvalue weighted by Gasteiger charge is 2.11. The van der Waals surface area contributed by atoms with E-state index >= 15 is 0 Å². The zero-order chi connectivity index (χ0) is 20.0.